The monoisotopic (exact) mass is 533 g/mol. The Labute approximate surface area is 222 Å². The largest absolute Gasteiger partial charge is 0.497 e. The van der Waals surface area contributed by atoms with E-state index in [4.69, 9.17) is 31.2 Å². The molecule has 196 valence electrons. The lowest BCUT2D eigenvalue weighted by Gasteiger charge is -2.26. The molecule has 1 aliphatic rings. The molecule has 0 spiro atoms. The first-order valence-electron chi connectivity index (χ1n) is 12.0. The molecule has 1 amide bonds. The summed E-state index contributed by atoms with van der Waals surface area (Å²) in [4.78, 5) is 26.1. The minimum absolute atomic E-state index is 0.0479. The van der Waals surface area contributed by atoms with Crippen LogP contribution in [0.15, 0.2) is 39.7 Å². The quantitative estimate of drug-likeness (QED) is 0.203. The second-order valence-corrected chi connectivity index (χ2v) is 9.95. The lowest BCUT2D eigenvalue weighted by molar-refractivity contribution is -0.123. The minimum Gasteiger partial charge on any atom is -0.497 e. The summed E-state index contributed by atoms with van der Waals surface area (Å²) in [5.41, 5.74) is 0.739. The number of hydrogen-bond donors (Lipinski definition) is 1. The zero-order chi connectivity index (χ0) is 26.7. The van der Waals surface area contributed by atoms with Gasteiger partial charge in [-0.15, -0.1) is 0 Å². The van der Waals surface area contributed by atoms with Crippen molar-refractivity contribution in [3.8, 4) is 22.8 Å². The number of amides is 1. The lowest BCUT2D eigenvalue weighted by atomic mass is 9.93. The summed E-state index contributed by atoms with van der Waals surface area (Å²) in [5, 5.41) is 7.00. The topological polar surface area (TPSA) is 89.2 Å². The van der Waals surface area contributed by atoms with Crippen LogP contribution in [-0.2, 0) is 9.59 Å². The van der Waals surface area contributed by atoms with E-state index < -0.39 is 0 Å². The maximum atomic E-state index is 13.1. The second kappa shape index (κ2) is 14.8. The molecule has 0 bridgehead atoms. The number of thiocarbonyl (C=S) groups is 1. The summed E-state index contributed by atoms with van der Waals surface area (Å²) in [6.45, 7) is 6.42. The minimum atomic E-state index is -0.0715. The molecule has 0 saturated carbocycles. The maximum absolute atomic E-state index is 13.1. The van der Waals surface area contributed by atoms with Crippen molar-refractivity contribution >= 4 is 46.6 Å². The van der Waals surface area contributed by atoms with Crippen LogP contribution in [0.1, 0.15) is 52.2 Å². The highest BCUT2D eigenvalue weighted by atomic mass is 32.2. The number of methoxy groups -OCH3 is 1. The van der Waals surface area contributed by atoms with Crippen molar-refractivity contribution in [3.05, 3.63) is 41.0 Å². The summed E-state index contributed by atoms with van der Waals surface area (Å²) in [7, 11) is 2.56. The van der Waals surface area contributed by atoms with Gasteiger partial charge in [0.1, 0.15) is 33.9 Å². The average molecular weight is 534 g/mol. The Kier molecular flexibility index (Phi) is 12.2. The number of hydrogen-bond acceptors (Lipinski definition) is 8. The number of carbonyl (C=O) groups excluding carboxylic acids is 2. The Hall–Kier alpha value is -2.62. The summed E-state index contributed by atoms with van der Waals surface area (Å²) in [6.07, 6.45) is 6.77. The number of carbonyl (C=O) groups is 2. The van der Waals surface area contributed by atoms with E-state index in [-0.39, 0.29) is 18.6 Å². The first kappa shape index (κ1) is 29.6. The molecule has 1 aromatic heterocycles. The Balaban J connectivity index is 0.00000222. The Bertz CT molecular complexity index is 1060. The zero-order valence-corrected chi connectivity index (χ0v) is 23.1. The molecule has 2 atom stereocenters. The molecule has 9 heteroatoms. The third-order valence-electron chi connectivity index (χ3n) is 5.83. The number of furan rings is 1. The van der Waals surface area contributed by atoms with E-state index >= 15 is 0 Å². The van der Waals surface area contributed by atoms with Gasteiger partial charge >= 0.3 is 0 Å². The molecule has 36 heavy (non-hydrogen) atoms. The SMILES string of the molecule is CCCC(CC)CC(C)N1C(=O)/C(=C/c2ccc(-c3cc(OC)cc(OCC=O)c3)o2)SC1=S.CO. The summed E-state index contributed by atoms with van der Waals surface area (Å²) in [5.74, 6) is 2.75. The molecule has 1 saturated heterocycles. The number of ether oxygens (including phenoxy) is 2. The smallest absolute Gasteiger partial charge is 0.266 e. The van der Waals surface area contributed by atoms with Gasteiger partial charge in [0, 0.05) is 30.9 Å². The van der Waals surface area contributed by atoms with E-state index in [1.807, 2.05) is 18.2 Å². The second-order valence-electron chi connectivity index (χ2n) is 8.28. The molecule has 2 aromatic rings. The Morgan fingerprint density at radius 1 is 1.19 bits per heavy atom. The highest BCUT2D eigenvalue weighted by molar-refractivity contribution is 8.26. The van der Waals surface area contributed by atoms with Crippen molar-refractivity contribution < 1.29 is 28.6 Å². The third-order valence-corrected chi connectivity index (χ3v) is 7.16. The van der Waals surface area contributed by atoms with Crippen molar-refractivity contribution in [3.63, 3.8) is 0 Å². The fourth-order valence-electron chi connectivity index (χ4n) is 4.10. The number of nitrogens with zero attached hydrogens (tertiary/aromatic N) is 1. The standard InChI is InChI=1S/C26H31NO5S2.CH4O/c1-5-7-18(6-2)12-17(3)27-25(29)24(34-26(27)33)16-20-8-9-23(32-20)19-13-21(30-4)15-22(14-19)31-11-10-28;1-2/h8-10,13-18H,5-7,11-12H2,1-4H3;2H,1H3/b24-16-;. The van der Waals surface area contributed by atoms with E-state index in [0.717, 1.165) is 38.4 Å². The van der Waals surface area contributed by atoms with E-state index in [2.05, 4.69) is 20.8 Å². The first-order chi connectivity index (χ1) is 17.4. The zero-order valence-electron chi connectivity index (χ0n) is 21.5. The van der Waals surface area contributed by atoms with Gasteiger partial charge in [-0.3, -0.25) is 14.5 Å². The van der Waals surface area contributed by atoms with Crippen LogP contribution in [0.5, 0.6) is 11.5 Å². The summed E-state index contributed by atoms with van der Waals surface area (Å²) in [6, 6.07) is 8.99. The number of thioether (sulfide) groups is 1. The number of benzene rings is 1. The molecule has 1 aromatic carbocycles. The number of rotatable bonds is 12. The van der Waals surface area contributed by atoms with Gasteiger partial charge in [-0.25, -0.2) is 0 Å². The Morgan fingerprint density at radius 2 is 1.92 bits per heavy atom. The van der Waals surface area contributed by atoms with Gasteiger partial charge in [-0.1, -0.05) is 57.1 Å². The van der Waals surface area contributed by atoms with Crippen LogP contribution in [-0.4, -0.2) is 53.4 Å². The van der Waals surface area contributed by atoms with Gasteiger partial charge in [0.2, 0.25) is 0 Å². The van der Waals surface area contributed by atoms with Crippen LogP contribution in [0.3, 0.4) is 0 Å². The van der Waals surface area contributed by atoms with Gasteiger partial charge in [-0.05, 0) is 43.5 Å². The van der Waals surface area contributed by atoms with Crippen molar-refractivity contribution in [1.29, 1.82) is 0 Å². The summed E-state index contributed by atoms with van der Waals surface area (Å²) < 4.78 is 17.3. The molecule has 7 nitrogen and oxygen atoms in total. The Morgan fingerprint density at radius 3 is 2.56 bits per heavy atom. The van der Waals surface area contributed by atoms with E-state index in [1.165, 1.54) is 11.8 Å². The van der Waals surface area contributed by atoms with Crippen LogP contribution in [0.4, 0.5) is 0 Å². The van der Waals surface area contributed by atoms with Crippen molar-refractivity contribution in [2.75, 3.05) is 20.8 Å². The van der Waals surface area contributed by atoms with Gasteiger partial charge in [-0.2, -0.15) is 0 Å². The van der Waals surface area contributed by atoms with E-state index in [0.29, 0.717) is 44.4 Å². The molecule has 2 heterocycles. The number of aliphatic hydroxyl groups is 1. The molecule has 0 aliphatic carbocycles. The van der Waals surface area contributed by atoms with Crippen molar-refractivity contribution in [1.82, 2.24) is 4.90 Å². The fourth-order valence-corrected chi connectivity index (χ4v) is 5.55. The average Bonchev–Trinajstić information content (AvgIpc) is 3.47. The summed E-state index contributed by atoms with van der Waals surface area (Å²) >= 11 is 6.85. The van der Waals surface area contributed by atoms with Gasteiger partial charge in [0.25, 0.3) is 5.91 Å². The predicted molar refractivity (Wildman–Crippen MR) is 148 cm³/mol. The molecule has 1 fully saturated rings. The van der Waals surface area contributed by atoms with Crippen LogP contribution < -0.4 is 9.47 Å². The van der Waals surface area contributed by atoms with Gasteiger partial charge in [0.15, 0.2) is 6.29 Å². The molecule has 1 aliphatic heterocycles. The highest BCUT2D eigenvalue weighted by Gasteiger charge is 2.36. The maximum Gasteiger partial charge on any atom is 0.266 e. The fraction of sp³-hybridized carbons (Fsp3) is 0.444. The third kappa shape index (κ3) is 7.69. The van der Waals surface area contributed by atoms with Crippen LogP contribution in [0, 0.1) is 5.92 Å². The van der Waals surface area contributed by atoms with Crippen LogP contribution in [0.25, 0.3) is 17.4 Å². The van der Waals surface area contributed by atoms with Crippen LogP contribution in [0.2, 0.25) is 0 Å². The first-order valence-corrected chi connectivity index (χ1v) is 13.2. The van der Waals surface area contributed by atoms with E-state index in [1.54, 1.807) is 30.2 Å². The van der Waals surface area contributed by atoms with Gasteiger partial charge < -0.3 is 19.0 Å². The predicted octanol–water partition coefficient (Wildman–Crippen LogP) is 5.95. The van der Waals surface area contributed by atoms with Crippen molar-refractivity contribution in [2.45, 2.75) is 52.5 Å². The molecule has 2 unspecified atom stereocenters. The highest BCUT2D eigenvalue weighted by Crippen LogP contribution is 2.37. The number of aliphatic hydroxyl groups excluding tert-OH is 1. The van der Waals surface area contributed by atoms with Crippen molar-refractivity contribution in [2.24, 2.45) is 5.92 Å². The van der Waals surface area contributed by atoms with Crippen LogP contribution >= 0.6 is 24.0 Å². The molecular formula is C27H35NO6S2. The normalized spacial score (nSPS) is 15.9. The number of aldehydes is 1. The molecular weight excluding hydrogens is 498 g/mol. The van der Waals surface area contributed by atoms with E-state index in [9.17, 15) is 9.59 Å². The molecule has 1 N–H and O–H groups in total. The molecule has 0 radical (unpaired) electrons. The lowest BCUT2D eigenvalue weighted by Crippen LogP contribution is -2.37. The van der Waals surface area contributed by atoms with Gasteiger partial charge in [0.05, 0.1) is 12.0 Å². The molecule has 3 rings (SSSR count).